The van der Waals surface area contributed by atoms with Gasteiger partial charge >= 0.3 is 0 Å². The van der Waals surface area contributed by atoms with Gasteiger partial charge in [-0.2, -0.15) is 19.7 Å². The van der Waals surface area contributed by atoms with Crippen molar-refractivity contribution in [1.29, 1.82) is 0 Å². The highest BCUT2D eigenvalue weighted by molar-refractivity contribution is 6.00. The zero-order valence-corrected chi connectivity index (χ0v) is 16.1. The fraction of sp³-hybridized carbons (Fsp3) is 0.250. The summed E-state index contributed by atoms with van der Waals surface area (Å²) in [7, 11) is 1.85. The summed E-state index contributed by atoms with van der Waals surface area (Å²) in [4.78, 5) is 23.6. The molecule has 9 heteroatoms. The fourth-order valence-corrected chi connectivity index (χ4v) is 3.74. The number of hydrogen-bond donors (Lipinski definition) is 1. The first-order chi connectivity index (χ1) is 14.1. The van der Waals surface area contributed by atoms with E-state index in [2.05, 4.69) is 25.5 Å². The Bertz CT molecular complexity index is 1200. The molecular weight excluding hydrogens is 368 g/mol. The number of rotatable bonds is 4. The quantitative estimate of drug-likeness (QED) is 0.575. The van der Waals surface area contributed by atoms with Crippen molar-refractivity contribution in [2.24, 2.45) is 7.05 Å². The molecule has 9 nitrogen and oxygen atoms in total. The Morgan fingerprint density at radius 2 is 2.00 bits per heavy atom. The zero-order chi connectivity index (χ0) is 20.0. The summed E-state index contributed by atoms with van der Waals surface area (Å²) in [6.45, 7) is 2.55. The number of fused-ring (bicyclic) bond motifs is 1. The van der Waals surface area contributed by atoms with Crippen molar-refractivity contribution in [3.8, 4) is 11.3 Å². The van der Waals surface area contributed by atoms with E-state index in [1.807, 2.05) is 56.4 Å². The van der Waals surface area contributed by atoms with Crippen LogP contribution < -0.4 is 10.2 Å². The third-order valence-electron chi connectivity index (χ3n) is 5.10. The fourth-order valence-electron chi connectivity index (χ4n) is 3.74. The summed E-state index contributed by atoms with van der Waals surface area (Å²) in [5.41, 5.74) is 2.64. The molecule has 1 unspecified atom stereocenters. The van der Waals surface area contributed by atoms with Crippen LogP contribution in [0.2, 0.25) is 0 Å². The average Bonchev–Trinajstić information content (AvgIpc) is 3.42. The van der Waals surface area contributed by atoms with Gasteiger partial charge in [0.2, 0.25) is 0 Å². The Labute approximate surface area is 167 Å². The van der Waals surface area contributed by atoms with Gasteiger partial charge < -0.3 is 5.32 Å². The minimum atomic E-state index is -0.358. The first kappa shape index (κ1) is 17.4. The van der Waals surface area contributed by atoms with Crippen LogP contribution in [0.1, 0.15) is 12.1 Å². The van der Waals surface area contributed by atoms with E-state index >= 15 is 0 Å². The van der Waals surface area contributed by atoms with Crippen LogP contribution in [0.25, 0.3) is 17.0 Å². The van der Waals surface area contributed by atoms with E-state index in [0.29, 0.717) is 24.6 Å². The number of carbonyl (C=O) groups is 1. The molecule has 4 aromatic rings. The van der Waals surface area contributed by atoms with Gasteiger partial charge in [0.25, 0.3) is 11.7 Å². The van der Waals surface area contributed by atoms with Crippen molar-refractivity contribution in [2.45, 2.75) is 19.4 Å². The third-order valence-corrected chi connectivity index (χ3v) is 5.10. The molecule has 0 aliphatic carbocycles. The van der Waals surface area contributed by atoms with Crippen molar-refractivity contribution in [3.63, 3.8) is 0 Å². The lowest BCUT2D eigenvalue weighted by atomic mass is 10.1. The molecule has 146 valence electrons. The van der Waals surface area contributed by atoms with Gasteiger partial charge in [0, 0.05) is 31.3 Å². The maximum Gasteiger partial charge on any atom is 0.254 e. The molecule has 1 saturated heterocycles. The molecular formula is C20H20N8O. The van der Waals surface area contributed by atoms with E-state index in [1.54, 1.807) is 14.1 Å². The van der Waals surface area contributed by atoms with E-state index in [1.165, 1.54) is 6.33 Å². The number of aromatic nitrogens is 6. The predicted octanol–water partition coefficient (Wildman–Crippen LogP) is 2.05. The van der Waals surface area contributed by atoms with Gasteiger partial charge in [-0.05, 0) is 13.3 Å². The number of amides is 1. The highest BCUT2D eigenvalue weighted by Crippen LogP contribution is 2.26. The first-order valence-electron chi connectivity index (χ1n) is 9.45. The van der Waals surface area contributed by atoms with Gasteiger partial charge in [-0.3, -0.25) is 14.4 Å². The molecule has 1 aromatic carbocycles. The molecule has 0 radical (unpaired) electrons. The Kier molecular flexibility index (Phi) is 4.01. The molecule has 0 bridgehead atoms. The molecule has 1 aliphatic rings. The number of aryl methyl sites for hydroxylation is 2. The van der Waals surface area contributed by atoms with Crippen molar-refractivity contribution in [2.75, 3.05) is 16.8 Å². The van der Waals surface area contributed by atoms with E-state index in [4.69, 9.17) is 0 Å². The van der Waals surface area contributed by atoms with Gasteiger partial charge in [-0.25, -0.2) is 4.98 Å². The van der Waals surface area contributed by atoms with Crippen LogP contribution in [0.3, 0.4) is 0 Å². The second-order valence-corrected chi connectivity index (χ2v) is 7.11. The van der Waals surface area contributed by atoms with Crippen LogP contribution in [-0.4, -0.2) is 47.9 Å². The summed E-state index contributed by atoms with van der Waals surface area (Å²) in [5, 5.41) is 12.0. The van der Waals surface area contributed by atoms with E-state index < -0.39 is 0 Å². The van der Waals surface area contributed by atoms with Gasteiger partial charge in [-0.1, -0.05) is 30.3 Å². The molecule has 29 heavy (non-hydrogen) atoms. The normalized spacial score (nSPS) is 16.7. The maximum atomic E-state index is 13.1. The van der Waals surface area contributed by atoms with Crippen LogP contribution in [0.5, 0.6) is 0 Å². The summed E-state index contributed by atoms with van der Waals surface area (Å²) >= 11 is 0. The molecule has 4 heterocycles. The molecule has 1 aliphatic heterocycles. The maximum absolute atomic E-state index is 13.1. The molecule has 0 saturated carbocycles. The lowest BCUT2D eigenvalue weighted by molar-refractivity contribution is -0.117. The molecule has 1 fully saturated rings. The lowest BCUT2D eigenvalue weighted by Crippen LogP contribution is -2.35. The summed E-state index contributed by atoms with van der Waals surface area (Å²) in [6.07, 6.45) is 2.14. The van der Waals surface area contributed by atoms with E-state index in [9.17, 15) is 4.79 Å². The molecule has 1 amide bonds. The zero-order valence-electron chi connectivity index (χ0n) is 16.1. The van der Waals surface area contributed by atoms with Gasteiger partial charge in [-0.15, -0.1) is 0 Å². The standard InChI is InChI=1S/C20H20N8O/c1-13-10-18(26(2)25-13)27-9-8-15(19(27)29)23-17-11-16(14-6-4-3-5-7-14)24-20-21-12-22-28(17)20/h3-7,10-12,15,23H,8-9H2,1-2H3. The lowest BCUT2D eigenvalue weighted by Gasteiger charge is -2.18. The summed E-state index contributed by atoms with van der Waals surface area (Å²) < 4.78 is 3.36. The Morgan fingerprint density at radius 1 is 1.17 bits per heavy atom. The number of nitrogens with zero attached hydrogens (tertiary/aromatic N) is 7. The average molecular weight is 388 g/mol. The number of benzene rings is 1. The minimum absolute atomic E-state index is 0.0133. The Morgan fingerprint density at radius 3 is 2.76 bits per heavy atom. The third kappa shape index (κ3) is 3.00. The largest absolute Gasteiger partial charge is 0.358 e. The number of anilines is 2. The minimum Gasteiger partial charge on any atom is -0.358 e. The van der Waals surface area contributed by atoms with Crippen molar-refractivity contribution >= 4 is 23.3 Å². The second-order valence-electron chi connectivity index (χ2n) is 7.11. The van der Waals surface area contributed by atoms with Crippen molar-refractivity contribution in [3.05, 3.63) is 54.5 Å². The van der Waals surface area contributed by atoms with Gasteiger partial charge in [0.05, 0.1) is 11.4 Å². The molecule has 3 aromatic heterocycles. The number of carbonyl (C=O) groups excluding carboxylic acids is 1. The van der Waals surface area contributed by atoms with Gasteiger partial charge in [0.1, 0.15) is 24.0 Å². The summed E-state index contributed by atoms with van der Waals surface area (Å²) in [6, 6.07) is 13.3. The van der Waals surface area contributed by atoms with Crippen LogP contribution in [0.15, 0.2) is 48.8 Å². The Hall–Kier alpha value is -3.75. The van der Waals surface area contributed by atoms with Crippen LogP contribution in [0.4, 0.5) is 11.6 Å². The first-order valence-corrected chi connectivity index (χ1v) is 9.45. The number of hydrogen-bond acceptors (Lipinski definition) is 6. The number of nitrogens with one attached hydrogen (secondary N) is 1. The van der Waals surface area contributed by atoms with Crippen molar-refractivity contribution < 1.29 is 4.79 Å². The molecule has 5 rings (SSSR count). The monoisotopic (exact) mass is 388 g/mol. The van der Waals surface area contributed by atoms with Crippen LogP contribution in [-0.2, 0) is 11.8 Å². The predicted molar refractivity (Wildman–Crippen MR) is 109 cm³/mol. The topological polar surface area (TPSA) is 93.2 Å². The van der Waals surface area contributed by atoms with E-state index in [-0.39, 0.29) is 11.9 Å². The van der Waals surface area contributed by atoms with Crippen LogP contribution in [0, 0.1) is 6.92 Å². The highest BCUT2D eigenvalue weighted by Gasteiger charge is 2.34. The van der Waals surface area contributed by atoms with Gasteiger partial charge in [0.15, 0.2) is 0 Å². The van der Waals surface area contributed by atoms with Crippen LogP contribution >= 0.6 is 0 Å². The van der Waals surface area contributed by atoms with Crippen molar-refractivity contribution in [1.82, 2.24) is 29.4 Å². The molecule has 0 spiro atoms. The highest BCUT2D eigenvalue weighted by atomic mass is 16.2. The Balaban J connectivity index is 1.47. The molecule has 1 atom stereocenters. The molecule has 1 N–H and O–H groups in total. The SMILES string of the molecule is Cc1cc(N2CCC(Nc3cc(-c4ccccc4)nc4ncnn34)C2=O)n(C)n1. The summed E-state index contributed by atoms with van der Waals surface area (Å²) in [5.74, 6) is 1.99. The smallest absolute Gasteiger partial charge is 0.254 e. The second kappa shape index (κ2) is 6.69. The van der Waals surface area contributed by atoms with E-state index in [0.717, 1.165) is 22.8 Å².